The molecule has 10 nitrogen and oxygen atoms in total. The van der Waals surface area contributed by atoms with Crippen molar-refractivity contribution < 1.29 is 14.3 Å². The van der Waals surface area contributed by atoms with Gasteiger partial charge in [0.2, 0.25) is 5.95 Å². The number of halogens is 1. The van der Waals surface area contributed by atoms with E-state index >= 15 is 0 Å². The number of rotatable bonds is 5. The SMILES string of the molecule is CC1(NC(=O)OC(C)(C)C)CCN(c2ccc3c(-c4nc(NC5CCOCC5)ncc4Cl)cnn3c2)CC1. The zero-order chi connectivity index (χ0) is 26.9. The van der Waals surface area contributed by atoms with E-state index in [1.807, 2.05) is 31.5 Å². The number of alkyl carbamates (subject to hydrolysis) is 1. The molecule has 0 aliphatic carbocycles. The first-order chi connectivity index (χ1) is 18.1. The number of carbonyl (C=O) groups excluding carboxylic acids is 1. The van der Waals surface area contributed by atoms with E-state index in [1.54, 1.807) is 12.4 Å². The maximum atomic E-state index is 12.3. The number of hydrogen-bond donors (Lipinski definition) is 2. The molecule has 1 amide bonds. The van der Waals surface area contributed by atoms with Crippen LogP contribution >= 0.6 is 11.6 Å². The van der Waals surface area contributed by atoms with E-state index in [4.69, 9.17) is 26.1 Å². The largest absolute Gasteiger partial charge is 0.444 e. The predicted octanol–water partition coefficient (Wildman–Crippen LogP) is 4.92. The van der Waals surface area contributed by atoms with Gasteiger partial charge in [-0.1, -0.05) is 11.6 Å². The van der Waals surface area contributed by atoms with Gasteiger partial charge in [-0.2, -0.15) is 5.10 Å². The Bertz CT molecular complexity index is 1290. The molecule has 2 aliphatic heterocycles. The first-order valence-corrected chi connectivity index (χ1v) is 13.6. The molecule has 0 atom stereocenters. The summed E-state index contributed by atoms with van der Waals surface area (Å²) in [5.74, 6) is 0.559. The fourth-order valence-electron chi connectivity index (χ4n) is 4.93. The van der Waals surface area contributed by atoms with E-state index in [-0.39, 0.29) is 17.7 Å². The first kappa shape index (κ1) is 26.5. The summed E-state index contributed by atoms with van der Waals surface area (Å²) in [5.41, 5.74) is 2.68. The molecule has 2 aliphatic rings. The Morgan fingerprint density at radius 1 is 1.18 bits per heavy atom. The lowest BCUT2D eigenvalue weighted by atomic mass is 9.89. The number of anilines is 2. The van der Waals surface area contributed by atoms with E-state index in [1.165, 1.54) is 0 Å². The molecule has 0 bridgehead atoms. The molecule has 11 heteroatoms. The number of pyridine rings is 1. The van der Waals surface area contributed by atoms with Crippen molar-refractivity contribution in [3.63, 3.8) is 0 Å². The number of nitrogens with one attached hydrogen (secondary N) is 2. The highest BCUT2D eigenvalue weighted by molar-refractivity contribution is 6.33. The van der Waals surface area contributed by atoms with E-state index < -0.39 is 5.60 Å². The number of carbonyl (C=O) groups is 1. The fraction of sp³-hybridized carbons (Fsp3) is 0.556. The second-order valence-corrected chi connectivity index (χ2v) is 11.8. The van der Waals surface area contributed by atoms with Crippen molar-refractivity contribution in [1.82, 2.24) is 24.9 Å². The van der Waals surface area contributed by atoms with Crippen molar-refractivity contribution in [3.8, 4) is 11.3 Å². The van der Waals surface area contributed by atoms with Gasteiger partial charge in [0.1, 0.15) is 5.60 Å². The summed E-state index contributed by atoms with van der Waals surface area (Å²) in [4.78, 5) is 23.7. The Labute approximate surface area is 228 Å². The van der Waals surface area contributed by atoms with Gasteiger partial charge in [0.15, 0.2) is 0 Å². The lowest BCUT2D eigenvalue weighted by Gasteiger charge is -2.41. The third-order valence-electron chi connectivity index (χ3n) is 7.09. The van der Waals surface area contributed by atoms with Gasteiger partial charge in [0, 0.05) is 43.4 Å². The highest BCUT2D eigenvalue weighted by Crippen LogP contribution is 2.32. The maximum Gasteiger partial charge on any atom is 0.408 e. The molecular weight excluding hydrogens is 506 g/mol. The molecule has 2 saturated heterocycles. The number of nitrogens with zero attached hydrogens (tertiary/aromatic N) is 5. The lowest BCUT2D eigenvalue weighted by Crippen LogP contribution is -2.54. The van der Waals surface area contributed by atoms with Crippen LogP contribution in [-0.2, 0) is 9.47 Å². The quantitative estimate of drug-likeness (QED) is 0.469. The smallest absolute Gasteiger partial charge is 0.408 e. The van der Waals surface area contributed by atoms with E-state index in [0.717, 1.165) is 68.8 Å². The highest BCUT2D eigenvalue weighted by atomic mass is 35.5. The van der Waals surface area contributed by atoms with Gasteiger partial charge >= 0.3 is 6.09 Å². The Morgan fingerprint density at radius 3 is 2.63 bits per heavy atom. The van der Waals surface area contributed by atoms with Gasteiger partial charge in [0.25, 0.3) is 0 Å². The van der Waals surface area contributed by atoms with Crippen LogP contribution < -0.4 is 15.5 Å². The molecule has 5 heterocycles. The Morgan fingerprint density at radius 2 is 1.92 bits per heavy atom. The lowest BCUT2D eigenvalue weighted by molar-refractivity contribution is 0.0448. The topological polar surface area (TPSA) is 106 Å². The van der Waals surface area contributed by atoms with Crippen LogP contribution in [0.4, 0.5) is 16.4 Å². The number of fused-ring (bicyclic) bond motifs is 1. The minimum absolute atomic E-state index is 0.287. The Hall–Kier alpha value is -3.11. The Kier molecular flexibility index (Phi) is 7.37. The number of piperidine rings is 1. The van der Waals surface area contributed by atoms with Crippen LogP contribution in [0.15, 0.2) is 30.7 Å². The van der Waals surface area contributed by atoms with Gasteiger partial charge in [-0.3, -0.25) is 0 Å². The zero-order valence-corrected chi connectivity index (χ0v) is 23.2. The van der Waals surface area contributed by atoms with Gasteiger partial charge in [-0.05, 0) is 65.5 Å². The molecule has 0 spiro atoms. The molecule has 3 aromatic rings. The molecule has 204 valence electrons. The number of ether oxygens (including phenoxy) is 2. The standard InChI is InChI=1S/C27H36ClN7O3/c1-26(2,3)38-25(36)33-27(4)9-11-34(12-10-27)19-5-6-22-20(15-30-35(22)17-19)23-21(28)16-29-24(32-23)31-18-7-13-37-14-8-18/h5-6,15-18H,7-14H2,1-4H3,(H,33,36)(H,29,31,32). The van der Waals surface area contributed by atoms with Crippen molar-refractivity contribution in [1.29, 1.82) is 0 Å². The summed E-state index contributed by atoms with van der Waals surface area (Å²) in [7, 11) is 0. The first-order valence-electron chi connectivity index (χ1n) is 13.2. The normalized spacial score (nSPS) is 18.4. The van der Waals surface area contributed by atoms with Crippen LogP contribution in [-0.4, -0.2) is 69.2 Å². The summed E-state index contributed by atoms with van der Waals surface area (Å²) >= 11 is 6.52. The molecule has 3 aromatic heterocycles. The van der Waals surface area contributed by atoms with Crippen molar-refractivity contribution >= 4 is 34.8 Å². The molecule has 5 rings (SSSR count). The van der Waals surface area contributed by atoms with Crippen LogP contribution in [0, 0.1) is 0 Å². The number of amides is 1. The average Bonchev–Trinajstić information content (AvgIpc) is 3.28. The number of hydrogen-bond acceptors (Lipinski definition) is 8. The predicted molar refractivity (Wildman–Crippen MR) is 148 cm³/mol. The second-order valence-electron chi connectivity index (χ2n) is 11.4. The summed E-state index contributed by atoms with van der Waals surface area (Å²) in [6.07, 6.45) is 8.57. The van der Waals surface area contributed by atoms with Crippen LogP contribution in [0.5, 0.6) is 0 Å². The molecule has 38 heavy (non-hydrogen) atoms. The number of aromatic nitrogens is 4. The summed E-state index contributed by atoms with van der Waals surface area (Å²) < 4.78 is 12.8. The van der Waals surface area contributed by atoms with Crippen LogP contribution in [0.1, 0.15) is 53.4 Å². The van der Waals surface area contributed by atoms with E-state index in [9.17, 15) is 4.79 Å². The summed E-state index contributed by atoms with van der Waals surface area (Å²) in [6.45, 7) is 10.8. The summed E-state index contributed by atoms with van der Waals surface area (Å²) in [5, 5.41) is 11.6. The third kappa shape index (κ3) is 6.13. The van der Waals surface area contributed by atoms with Crippen molar-refractivity contribution in [2.45, 2.75) is 70.6 Å². The monoisotopic (exact) mass is 541 g/mol. The second kappa shape index (κ2) is 10.6. The molecule has 0 aromatic carbocycles. The minimum Gasteiger partial charge on any atom is -0.444 e. The fourth-order valence-corrected chi connectivity index (χ4v) is 5.12. The van der Waals surface area contributed by atoms with Gasteiger partial charge in [-0.25, -0.2) is 19.3 Å². The van der Waals surface area contributed by atoms with Crippen molar-refractivity contribution in [2.75, 3.05) is 36.5 Å². The van der Waals surface area contributed by atoms with Crippen LogP contribution in [0.3, 0.4) is 0 Å². The maximum absolute atomic E-state index is 12.3. The molecule has 0 radical (unpaired) electrons. The summed E-state index contributed by atoms with van der Waals surface area (Å²) in [6, 6.07) is 4.44. The molecule has 2 fully saturated rings. The average molecular weight is 542 g/mol. The van der Waals surface area contributed by atoms with Crippen molar-refractivity contribution in [2.24, 2.45) is 0 Å². The molecular formula is C27H36ClN7O3. The van der Waals surface area contributed by atoms with Gasteiger partial charge in [0.05, 0.1) is 40.5 Å². The van der Waals surface area contributed by atoms with Crippen LogP contribution in [0.2, 0.25) is 5.02 Å². The molecule has 0 unspecified atom stereocenters. The molecule has 0 saturated carbocycles. The van der Waals surface area contributed by atoms with Gasteiger partial charge < -0.3 is 25.0 Å². The van der Waals surface area contributed by atoms with Gasteiger partial charge in [-0.15, -0.1) is 0 Å². The highest BCUT2D eigenvalue weighted by Gasteiger charge is 2.33. The van der Waals surface area contributed by atoms with E-state index in [0.29, 0.717) is 16.7 Å². The zero-order valence-electron chi connectivity index (χ0n) is 22.5. The Balaban J connectivity index is 1.28. The van der Waals surface area contributed by atoms with E-state index in [2.05, 4.69) is 44.7 Å². The van der Waals surface area contributed by atoms with Crippen LogP contribution in [0.25, 0.3) is 16.8 Å². The molecule has 2 N–H and O–H groups in total. The minimum atomic E-state index is -0.516. The third-order valence-corrected chi connectivity index (χ3v) is 7.37. The van der Waals surface area contributed by atoms with Crippen molar-refractivity contribution in [3.05, 3.63) is 35.7 Å².